The summed E-state index contributed by atoms with van der Waals surface area (Å²) in [6, 6.07) is 27.0. The van der Waals surface area contributed by atoms with Crippen LogP contribution in [0.2, 0.25) is 5.02 Å². The highest BCUT2D eigenvalue weighted by Gasteiger charge is 2.14. The number of nitrogens with one attached hydrogen (secondary N) is 1. The van der Waals surface area contributed by atoms with Crippen LogP contribution in [0.3, 0.4) is 0 Å². The molecule has 4 rings (SSSR count). The van der Waals surface area contributed by atoms with Gasteiger partial charge in [-0.3, -0.25) is 4.79 Å². The van der Waals surface area contributed by atoms with Gasteiger partial charge in [0.1, 0.15) is 24.0 Å². The molecule has 4 nitrogen and oxygen atoms in total. The van der Waals surface area contributed by atoms with Gasteiger partial charge in [0.2, 0.25) is 0 Å². The van der Waals surface area contributed by atoms with Crippen LogP contribution in [0.1, 0.15) is 22.3 Å². The fourth-order valence-electron chi connectivity index (χ4n) is 3.68. The van der Waals surface area contributed by atoms with Gasteiger partial charge in [0.15, 0.2) is 0 Å². The summed E-state index contributed by atoms with van der Waals surface area (Å²) < 4.78 is 6.16. The summed E-state index contributed by atoms with van der Waals surface area (Å²) in [6.07, 6.45) is 1.58. The first-order chi connectivity index (χ1) is 16.4. The Morgan fingerprint density at radius 3 is 2.62 bits per heavy atom. The molecule has 0 aliphatic heterocycles. The largest absolute Gasteiger partial charge is 0.488 e. The number of carbonyl (C=O) groups is 1. The van der Waals surface area contributed by atoms with E-state index in [1.54, 1.807) is 18.2 Å². The molecule has 0 atom stereocenters. The van der Waals surface area contributed by atoms with E-state index in [9.17, 15) is 10.1 Å². The number of aryl methyl sites for hydroxylation is 2. The number of rotatable bonds is 6. The predicted octanol–water partition coefficient (Wildman–Crippen LogP) is 7.23. The Morgan fingerprint density at radius 1 is 1.03 bits per heavy atom. The number of benzene rings is 4. The smallest absolute Gasteiger partial charge is 0.266 e. The van der Waals surface area contributed by atoms with Crippen LogP contribution in [0.4, 0.5) is 5.69 Å². The van der Waals surface area contributed by atoms with Gasteiger partial charge in [0, 0.05) is 16.3 Å². The van der Waals surface area contributed by atoms with Gasteiger partial charge in [0.25, 0.3) is 5.91 Å². The first kappa shape index (κ1) is 23.1. The third-order valence-corrected chi connectivity index (χ3v) is 5.90. The average Bonchev–Trinajstić information content (AvgIpc) is 2.83. The van der Waals surface area contributed by atoms with Crippen LogP contribution in [0.15, 0.2) is 84.4 Å². The summed E-state index contributed by atoms with van der Waals surface area (Å²) in [5.41, 5.74) is 4.27. The number of nitriles is 1. The zero-order chi connectivity index (χ0) is 24.1. The van der Waals surface area contributed by atoms with E-state index in [2.05, 4.69) is 11.4 Å². The molecule has 4 aromatic carbocycles. The maximum Gasteiger partial charge on any atom is 0.266 e. The molecule has 0 aliphatic rings. The first-order valence-corrected chi connectivity index (χ1v) is 11.2. The predicted molar refractivity (Wildman–Crippen MR) is 138 cm³/mol. The van der Waals surface area contributed by atoms with E-state index >= 15 is 0 Å². The van der Waals surface area contributed by atoms with Crippen molar-refractivity contribution in [3.8, 4) is 11.8 Å². The van der Waals surface area contributed by atoms with Crippen LogP contribution in [0, 0.1) is 25.2 Å². The first-order valence-electron chi connectivity index (χ1n) is 10.8. The number of hydrogen-bond donors (Lipinski definition) is 1. The van der Waals surface area contributed by atoms with Crippen molar-refractivity contribution >= 4 is 40.0 Å². The summed E-state index contributed by atoms with van der Waals surface area (Å²) in [5.74, 6) is 0.0825. The van der Waals surface area contributed by atoms with Crippen molar-refractivity contribution in [2.75, 3.05) is 5.32 Å². The highest BCUT2D eigenvalue weighted by molar-refractivity contribution is 6.31. The lowest BCUT2D eigenvalue weighted by molar-refractivity contribution is -0.112. The topological polar surface area (TPSA) is 62.1 Å². The van der Waals surface area contributed by atoms with E-state index in [1.807, 2.05) is 80.6 Å². The molecule has 0 saturated heterocycles. The van der Waals surface area contributed by atoms with E-state index in [-0.39, 0.29) is 5.57 Å². The Balaban J connectivity index is 1.69. The molecule has 0 saturated carbocycles. The molecule has 0 aliphatic carbocycles. The van der Waals surface area contributed by atoms with Crippen molar-refractivity contribution in [3.63, 3.8) is 0 Å². The SMILES string of the molecule is Cc1cccc(COc2ccc3ccccc3c2/C=C(\C#N)C(=O)Nc2ccc(C)c(Cl)c2)c1. The highest BCUT2D eigenvalue weighted by Crippen LogP contribution is 2.31. The van der Waals surface area contributed by atoms with Crippen LogP contribution in [-0.4, -0.2) is 5.91 Å². The minimum atomic E-state index is -0.514. The molecule has 34 heavy (non-hydrogen) atoms. The molecule has 0 heterocycles. The van der Waals surface area contributed by atoms with E-state index in [0.29, 0.717) is 28.6 Å². The van der Waals surface area contributed by atoms with Gasteiger partial charge < -0.3 is 10.1 Å². The van der Waals surface area contributed by atoms with Crippen molar-refractivity contribution in [2.45, 2.75) is 20.5 Å². The molecule has 0 radical (unpaired) electrons. The number of ether oxygens (including phenoxy) is 1. The third-order valence-electron chi connectivity index (χ3n) is 5.49. The van der Waals surface area contributed by atoms with Crippen LogP contribution in [0.25, 0.3) is 16.8 Å². The summed E-state index contributed by atoms with van der Waals surface area (Å²) in [5, 5.41) is 15.0. The van der Waals surface area contributed by atoms with Gasteiger partial charge in [-0.2, -0.15) is 5.26 Å². The van der Waals surface area contributed by atoms with E-state index < -0.39 is 5.91 Å². The number of halogens is 1. The maximum atomic E-state index is 12.9. The molecule has 0 bridgehead atoms. The van der Waals surface area contributed by atoms with Gasteiger partial charge in [-0.1, -0.05) is 77.8 Å². The maximum absolute atomic E-state index is 12.9. The minimum Gasteiger partial charge on any atom is -0.488 e. The lowest BCUT2D eigenvalue weighted by Crippen LogP contribution is -2.13. The van der Waals surface area contributed by atoms with Crippen molar-refractivity contribution in [1.29, 1.82) is 5.26 Å². The zero-order valence-corrected chi connectivity index (χ0v) is 19.7. The summed E-state index contributed by atoms with van der Waals surface area (Å²) in [4.78, 5) is 12.9. The number of carbonyl (C=O) groups excluding carboxylic acids is 1. The second kappa shape index (κ2) is 10.2. The molecule has 0 fully saturated rings. The lowest BCUT2D eigenvalue weighted by atomic mass is 10.0. The minimum absolute atomic E-state index is 0.0338. The van der Waals surface area contributed by atoms with E-state index in [1.165, 1.54) is 0 Å². The summed E-state index contributed by atoms with van der Waals surface area (Å²) in [7, 11) is 0. The van der Waals surface area contributed by atoms with Gasteiger partial charge in [-0.15, -0.1) is 0 Å². The number of hydrogen-bond acceptors (Lipinski definition) is 3. The number of anilines is 1. The van der Waals surface area contributed by atoms with Crippen LogP contribution < -0.4 is 10.1 Å². The Kier molecular flexibility index (Phi) is 6.96. The highest BCUT2D eigenvalue weighted by atomic mass is 35.5. The van der Waals surface area contributed by atoms with E-state index in [0.717, 1.165) is 27.5 Å². The standard InChI is InChI=1S/C29H23ClN2O2/c1-19-6-5-7-21(14-19)18-34-28-13-11-22-8-3-4-9-25(22)26(28)15-23(17-31)29(33)32-24-12-10-20(2)27(30)16-24/h3-16H,18H2,1-2H3,(H,32,33)/b23-15+. The van der Waals surface area contributed by atoms with Crippen molar-refractivity contribution in [2.24, 2.45) is 0 Å². The van der Waals surface area contributed by atoms with Crippen LogP contribution in [-0.2, 0) is 11.4 Å². The van der Waals surface area contributed by atoms with Gasteiger partial charge in [-0.05, 0) is 60.0 Å². The Morgan fingerprint density at radius 2 is 1.85 bits per heavy atom. The Bertz CT molecular complexity index is 1450. The zero-order valence-electron chi connectivity index (χ0n) is 18.9. The van der Waals surface area contributed by atoms with Gasteiger partial charge in [-0.25, -0.2) is 0 Å². The van der Waals surface area contributed by atoms with Crippen molar-refractivity contribution < 1.29 is 9.53 Å². The molecule has 1 amide bonds. The Hall–Kier alpha value is -4.07. The normalized spacial score (nSPS) is 11.2. The number of nitrogens with zero attached hydrogens (tertiary/aromatic N) is 1. The van der Waals surface area contributed by atoms with Gasteiger partial charge >= 0.3 is 0 Å². The fourth-order valence-corrected chi connectivity index (χ4v) is 3.86. The van der Waals surface area contributed by atoms with Crippen molar-refractivity contribution in [1.82, 2.24) is 0 Å². The molecule has 5 heteroatoms. The fraction of sp³-hybridized carbons (Fsp3) is 0.103. The number of amides is 1. The third kappa shape index (κ3) is 5.28. The quantitative estimate of drug-likeness (QED) is 0.241. The van der Waals surface area contributed by atoms with Crippen LogP contribution >= 0.6 is 11.6 Å². The molecular formula is C29H23ClN2O2. The molecule has 168 valence electrons. The molecule has 0 unspecified atom stereocenters. The average molecular weight is 467 g/mol. The monoisotopic (exact) mass is 466 g/mol. The molecular weight excluding hydrogens is 444 g/mol. The number of fused-ring (bicyclic) bond motifs is 1. The second-order valence-corrected chi connectivity index (χ2v) is 8.47. The second-order valence-electron chi connectivity index (χ2n) is 8.06. The molecule has 1 N–H and O–H groups in total. The van der Waals surface area contributed by atoms with Crippen LogP contribution in [0.5, 0.6) is 5.75 Å². The molecule has 0 spiro atoms. The van der Waals surface area contributed by atoms with Crippen molar-refractivity contribution in [3.05, 3.63) is 112 Å². The van der Waals surface area contributed by atoms with E-state index in [4.69, 9.17) is 16.3 Å². The lowest BCUT2D eigenvalue weighted by Gasteiger charge is -2.13. The molecule has 0 aromatic heterocycles. The molecule has 4 aromatic rings. The summed E-state index contributed by atoms with van der Waals surface area (Å²) >= 11 is 6.17. The van der Waals surface area contributed by atoms with Gasteiger partial charge in [0.05, 0.1) is 0 Å². The Labute approximate surface area is 204 Å². The summed E-state index contributed by atoms with van der Waals surface area (Å²) in [6.45, 7) is 4.29.